The Morgan fingerprint density at radius 3 is 2.44 bits per heavy atom. The summed E-state index contributed by atoms with van der Waals surface area (Å²) in [5.41, 5.74) is 5.58. The molecule has 0 N–H and O–H groups in total. The lowest BCUT2D eigenvalue weighted by Gasteiger charge is -2.19. The van der Waals surface area contributed by atoms with Gasteiger partial charge in [0.25, 0.3) is 0 Å². The van der Waals surface area contributed by atoms with Crippen molar-refractivity contribution in [3.8, 4) is 11.3 Å². The molecule has 0 bridgehead atoms. The van der Waals surface area contributed by atoms with Gasteiger partial charge in [-0.25, -0.2) is 18.4 Å². The predicted molar refractivity (Wildman–Crippen MR) is 151 cm³/mol. The van der Waals surface area contributed by atoms with E-state index in [9.17, 15) is 8.42 Å². The van der Waals surface area contributed by atoms with E-state index in [1.807, 2.05) is 68.9 Å². The second-order valence-corrected chi connectivity index (χ2v) is 11.6. The molecule has 0 radical (unpaired) electrons. The number of rotatable bonds is 9. The van der Waals surface area contributed by atoms with Gasteiger partial charge in [-0.05, 0) is 55.2 Å². The number of fused-ring (bicyclic) bond motifs is 1. The Kier molecular flexibility index (Phi) is 7.73. The maximum atomic E-state index is 12.2. The fraction of sp³-hybridized carbons (Fsp3) is 0.308. The van der Waals surface area contributed by atoms with Crippen LogP contribution in [0.1, 0.15) is 38.4 Å². The maximum Gasteiger partial charge on any atom is 0.231 e. The molecule has 0 fully saturated rings. The molecule has 10 heteroatoms. The van der Waals surface area contributed by atoms with Crippen LogP contribution in [0.4, 0.5) is 10.9 Å². The first-order chi connectivity index (χ1) is 17.2. The van der Waals surface area contributed by atoms with E-state index in [1.54, 1.807) is 17.5 Å². The Morgan fingerprint density at radius 1 is 1.11 bits per heavy atom. The van der Waals surface area contributed by atoms with Gasteiger partial charge < -0.3 is 4.90 Å². The molecular formula is C26H30ClN5O2S2. The molecule has 1 aromatic carbocycles. The van der Waals surface area contributed by atoms with E-state index < -0.39 is 10.0 Å². The topological polar surface area (TPSA) is 70.8 Å². The molecule has 36 heavy (non-hydrogen) atoms. The summed E-state index contributed by atoms with van der Waals surface area (Å²) in [5, 5.41) is 3.58. The molecule has 0 aliphatic carbocycles. The van der Waals surface area contributed by atoms with E-state index in [4.69, 9.17) is 21.6 Å². The van der Waals surface area contributed by atoms with Crippen LogP contribution in [0.2, 0.25) is 5.02 Å². The largest absolute Gasteiger partial charge is 0.305 e. The Bertz CT molecular complexity index is 1510. The number of sulfonamides is 1. The Hall–Kier alpha value is -2.88. The molecule has 0 spiro atoms. The van der Waals surface area contributed by atoms with Crippen LogP contribution in [0.15, 0.2) is 54.2 Å². The predicted octanol–water partition coefficient (Wildman–Crippen LogP) is 6.47. The van der Waals surface area contributed by atoms with Crippen LogP contribution < -0.4 is 4.90 Å². The number of aryl methyl sites for hydroxylation is 1. The van der Waals surface area contributed by atoms with Crippen LogP contribution in [0.5, 0.6) is 0 Å². The fourth-order valence-corrected chi connectivity index (χ4v) is 5.81. The van der Waals surface area contributed by atoms with Gasteiger partial charge in [-0.2, -0.15) is 0 Å². The molecule has 0 saturated carbocycles. The van der Waals surface area contributed by atoms with Crippen LogP contribution in [0.3, 0.4) is 0 Å². The van der Waals surface area contributed by atoms with Crippen molar-refractivity contribution in [2.24, 2.45) is 0 Å². The quantitative estimate of drug-likeness (QED) is 0.242. The monoisotopic (exact) mass is 543 g/mol. The minimum atomic E-state index is -3.34. The van der Waals surface area contributed by atoms with Crippen molar-refractivity contribution in [3.05, 3.63) is 70.5 Å². The van der Waals surface area contributed by atoms with E-state index in [1.165, 1.54) is 10.6 Å². The second kappa shape index (κ2) is 10.6. The van der Waals surface area contributed by atoms with Crippen molar-refractivity contribution in [1.29, 1.82) is 0 Å². The van der Waals surface area contributed by atoms with Gasteiger partial charge in [-0.1, -0.05) is 37.6 Å². The number of allylic oxidation sites excluding steroid dienone is 1. The number of aromatic nitrogens is 3. The van der Waals surface area contributed by atoms with Crippen LogP contribution in [-0.2, 0) is 16.4 Å². The molecule has 0 unspecified atom stereocenters. The van der Waals surface area contributed by atoms with Gasteiger partial charge >= 0.3 is 0 Å². The van der Waals surface area contributed by atoms with E-state index in [0.717, 1.165) is 51.1 Å². The molecule has 0 aliphatic rings. The number of anilines is 2. The molecule has 4 rings (SSSR count). The second-order valence-electron chi connectivity index (χ2n) is 8.44. The van der Waals surface area contributed by atoms with Crippen LogP contribution >= 0.6 is 22.9 Å². The average molecular weight is 544 g/mol. The molecular weight excluding hydrogens is 514 g/mol. The summed E-state index contributed by atoms with van der Waals surface area (Å²) < 4.78 is 27.8. The van der Waals surface area contributed by atoms with E-state index in [2.05, 4.69) is 16.2 Å². The molecule has 4 aromatic rings. The summed E-state index contributed by atoms with van der Waals surface area (Å²) in [6.45, 7) is 6.32. The van der Waals surface area contributed by atoms with Crippen molar-refractivity contribution in [2.45, 2.75) is 33.6 Å². The molecule has 0 aliphatic heterocycles. The zero-order chi connectivity index (χ0) is 26.0. The lowest BCUT2D eigenvalue weighted by atomic mass is 10.1. The van der Waals surface area contributed by atoms with E-state index in [0.29, 0.717) is 18.0 Å². The number of pyridine rings is 1. The molecule has 190 valence electrons. The third-order valence-corrected chi connectivity index (χ3v) is 8.41. The zero-order valence-corrected chi connectivity index (χ0v) is 23.5. The Morgan fingerprint density at radius 2 is 1.83 bits per heavy atom. The lowest BCUT2D eigenvalue weighted by molar-refractivity contribution is 0.518. The van der Waals surface area contributed by atoms with Gasteiger partial charge in [-0.15, -0.1) is 11.3 Å². The molecule has 3 aromatic heterocycles. The highest BCUT2D eigenvalue weighted by atomic mass is 35.5. The van der Waals surface area contributed by atoms with Gasteiger partial charge in [0, 0.05) is 42.0 Å². The highest BCUT2D eigenvalue weighted by Gasteiger charge is 2.20. The van der Waals surface area contributed by atoms with E-state index in [-0.39, 0.29) is 0 Å². The van der Waals surface area contributed by atoms with Crippen molar-refractivity contribution >= 4 is 55.1 Å². The van der Waals surface area contributed by atoms with Gasteiger partial charge in [-0.3, -0.25) is 8.71 Å². The third kappa shape index (κ3) is 5.28. The third-order valence-electron chi connectivity index (χ3n) is 6.02. The van der Waals surface area contributed by atoms with E-state index >= 15 is 0 Å². The Balaban J connectivity index is 1.77. The van der Waals surface area contributed by atoms with Gasteiger partial charge in [0.15, 0.2) is 5.13 Å². The summed E-state index contributed by atoms with van der Waals surface area (Å²) >= 11 is 7.61. The summed E-state index contributed by atoms with van der Waals surface area (Å²) in [6.07, 6.45) is 6.45. The summed E-state index contributed by atoms with van der Waals surface area (Å²) in [6, 6.07) is 11.6. The zero-order valence-electron chi connectivity index (χ0n) is 21.1. The van der Waals surface area contributed by atoms with Crippen molar-refractivity contribution in [2.75, 3.05) is 24.7 Å². The first-order valence-electron chi connectivity index (χ1n) is 11.8. The number of halogens is 1. The lowest BCUT2D eigenvalue weighted by Crippen LogP contribution is -2.24. The summed E-state index contributed by atoms with van der Waals surface area (Å²) in [4.78, 5) is 11.8. The van der Waals surface area contributed by atoms with Gasteiger partial charge in [0.05, 0.1) is 17.6 Å². The smallest absolute Gasteiger partial charge is 0.231 e. The van der Waals surface area contributed by atoms with Crippen LogP contribution in [-0.4, -0.2) is 46.9 Å². The Labute approximate surface area is 221 Å². The van der Waals surface area contributed by atoms with Gasteiger partial charge in [0.2, 0.25) is 10.0 Å². The molecule has 3 heterocycles. The number of thiazole rings is 1. The summed E-state index contributed by atoms with van der Waals surface area (Å²) in [7, 11) is -1.34. The minimum absolute atomic E-state index is 0.379. The minimum Gasteiger partial charge on any atom is -0.305 e. The fourth-order valence-electron chi connectivity index (χ4n) is 4.09. The highest BCUT2D eigenvalue weighted by Crippen LogP contribution is 2.34. The SMILES string of the molecule is CCC(=CN(CC)S(C)(=O)=O)c1ccc2nc(CC)c(N(C)c3nc(-c4ccc(Cl)cc4)cs3)n2c1. The number of hydrogen-bond acceptors (Lipinski definition) is 6. The number of hydrogen-bond donors (Lipinski definition) is 0. The maximum absolute atomic E-state index is 12.2. The average Bonchev–Trinajstić information content (AvgIpc) is 3.49. The molecule has 0 saturated heterocycles. The molecule has 7 nitrogen and oxygen atoms in total. The first kappa shape index (κ1) is 26.2. The molecule has 0 amide bonds. The van der Waals surface area contributed by atoms with Crippen LogP contribution in [0, 0.1) is 0 Å². The molecule has 0 atom stereocenters. The number of nitrogens with zero attached hydrogens (tertiary/aromatic N) is 5. The van der Waals surface area contributed by atoms with Crippen molar-refractivity contribution < 1.29 is 8.42 Å². The normalized spacial score (nSPS) is 12.3. The van der Waals surface area contributed by atoms with Crippen molar-refractivity contribution in [3.63, 3.8) is 0 Å². The number of imidazole rings is 1. The highest BCUT2D eigenvalue weighted by molar-refractivity contribution is 7.88. The van der Waals surface area contributed by atoms with Crippen molar-refractivity contribution in [1.82, 2.24) is 18.7 Å². The summed E-state index contributed by atoms with van der Waals surface area (Å²) in [5.74, 6) is 0.942. The van der Waals surface area contributed by atoms with Gasteiger partial charge in [0.1, 0.15) is 11.5 Å². The number of benzene rings is 1. The standard InChI is InChI=1S/C26H30ClN5O2S2/c1-6-18(15-31(8-3)36(5,33)34)20-11-14-24-28-22(7-2)25(32(24)16-20)30(4)26-29-23(17-35-26)19-9-12-21(27)13-10-19/h9-17H,6-8H2,1-5H3. The first-order valence-corrected chi connectivity index (χ1v) is 14.9. The van der Waals surface area contributed by atoms with Crippen LogP contribution in [0.25, 0.3) is 22.5 Å².